The monoisotopic (exact) mass is 291 g/mol. The number of carbonyl (C=O) groups excluding carboxylic acids is 1. The molecule has 0 aromatic carbocycles. The predicted octanol–water partition coefficient (Wildman–Crippen LogP) is 0.297. The second-order valence-corrected chi connectivity index (χ2v) is 5.60. The standard InChI is InChI=1S/C14H21N5O2/c1-17-6-8-18(9-7-17)14(20)19-5-3-12(10-19)21-13-2-4-15-11-16-13/h2,4,11-12H,3,5-10H2,1H3. The van der Waals surface area contributed by atoms with Crippen molar-refractivity contribution in [3.63, 3.8) is 0 Å². The average Bonchev–Trinajstić information content (AvgIpc) is 2.97. The summed E-state index contributed by atoms with van der Waals surface area (Å²) in [4.78, 5) is 26.4. The number of aromatic nitrogens is 2. The molecule has 0 aliphatic carbocycles. The fourth-order valence-electron chi connectivity index (χ4n) is 2.71. The smallest absolute Gasteiger partial charge is 0.320 e. The Morgan fingerprint density at radius 3 is 2.76 bits per heavy atom. The van der Waals surface area contributed by atoms with E-state index >= 15 is 0 Å². The molecule has 2 aliphatic rings. The van der Waals surface area contributed by atoms with E-state index in [0.717, 1.165) is 39.1 Å². The summed E-state index contributed by atoms with van der Waals surface area (Å²) >= 11 is 0. The Morgan fingerprint density at radius 1 is 1.24 bits per heavy atom. The summed E-state index contributed by atoms with van der Waals surface area (Å²) in [5.74, 6) is 0.573. The lowest BCUT2D eigenvalue weighted by molar-refractivity contribution is 0.123. The van der Waals surface area contributed by atoms with E-state index in [2.05, 4.69) is 21.9 Å². The van der Waals surface area contributed by atoms with Crippen molar-refractivity contribution in [2.24, 2.45) is 0 Å². The van der Waals surface area contributed by atoms with Crippen LogP contribution < -0.4 is 4.74 Å². The van der Waals surface area contributed by atoms with Crippen molar-refractivity contribution < 1.29 is 9.53 Å². The molecule has 0 saturated carbocycles. The maximum absolute atomic E-state index is 12.5. The van der Waals surface area contributed by atoms with E-state index in [0.29, 0.717) is 12.4 Å². The average molecular weight is 291 g/mol. The Balaban J connectivity index is 1.51. The van der Waals surface area contributed by atoms with Gasteiger partial charge in [-0.25, -0.2) is 14.8 Å². The topological polar surface area (TPSA) is 61.8 Å². The van der Waals surface area contributed by atoms with Crippen LogP contribution in [0.1, 0.15) is 6.42 Å². The van der Waals surface area contributed by atoms with E-state index in [-0.39, 0.29) is 12.1 Å². The minimum atomic E-state index is 0.0244. The van der Waals surface area contributed by atoms with Gasteiger partial charge in [-0.15, -0.1) is 0 Å². The van der Waals surface area contributed by atoms with Crippen LogP contribution in [0.25, 0.3) is 0 Å². The summed E-state index contributed by atoms with van der Waals surface area (Å²) in [5.41, 5.74) is 0. The van der Waals surface area contributed by atoms with Crippen molar-refractivity contribution in [1.29, 1.82) is 0 Å². The van der Waals surface area contributed by atoms with Gasteiger partial charge in [-0.05, 0) is 7.05 Å². The molecule has 0 N–H and O–H groups in total. The molecule has 0 radical (unpaired) electrons. The van der Waals surface area contributed by atoms with Gasteiger partial charge in [0.2, 0.25) is 5.88 Å². The van der Waals surface area contributed by atoms with Crippen molar-refractivity contribution in [3.05, 3.63) is 18.6 Å². The first-order valence-corrected chi connectivity index (χ1v) is 7.37. The molecule has 2 aliphatic heterocycles. The van der Waals surface area contributed by atoms with Crippen LogP contribution in [0.3, 0.4) is 0 Å². The quantitative estimate of drug-likeness (QED) is 0.784. The number of piperazine rings is 1. The van der Waals surface area contributed by atoms with Crippen LogP contribution in [0.15, 0.2) is 18.6 Å². The van der Waals surface area contributed by atoms with E-state index in [1.54, 1.807) is 12.3 Å². The van der Waals surface area contributed by atoms with Gasteiger partial charge in [-0.2, -0.15) is 0 Å². The first kappa shape index (κ1) is 14.1. The highest BCUT2D eigenvalue weighted by atomic mass is 16.5. The molecule has 2 saturated heterocycles. The molecular weight excluding hydrogens is 270 g/mol. The number of likely N-dealkylation sites (tertiary alicyclic amines) is 1. The second-order valence-electron chi connectivity index (χ2n) is 5.60. The molecule has 1 unspecified atom stereocenters. The first-order valence-electron chi connectivity index (χ1n) is 7.37. The van der Waals surface area contributed by atoms with Crippen LogP contribution in [0, 0.1) is 0 Å². The summed E-state index contributed by atoms with van der Waals surface area (Å²) in [6.07, 6.45) is 4.00. The number of hydrogen-bond acceptors (Lipinski definition) is 5. The minimum absolute atomic E-state index is 0.0244. The maximum atomic E-state index is 12.5. The molecule has 3 heterocycles. The molecule has 7 heteroatoms. The molecule has 21 heavy (non-hydrogen) atoms. The molecular formula is C14H21N5O2. The number of hydrogen-bond donors (Lipinski definition) is 0. The molecule has 0 bridgehead atoms. The van der Waals surface area contributed by atoms with Crippen LogP contribution in [-0.4, -0.2) is 83.1 Å². The van der Waals surface area contributed by atoms with Gasteiger partial charge in [0, 0.05) is 51.4 Å². The normalized spacial score (nSPS) is 23.4. The van der Waals surface area contributed by atoms with Gasteiger partial charge < -0.3 is 19.4 Å². The second kappa shape index (κ2) is 6.26. The highest BCUT2D eigenvalue weighted by Gasteiger charge is 2.31. The summed E-state index contributed by atoms with van der Waals surface area (Å²) in [7, 11) is 2.09. The Labute approximate surface area is 124 Å². The Morgan fingerprint density at radius 2 is 2.05 bits per heavy atom. The summed E-state index contributed by atoms with van der Waals surface area (Å²) in [6, 6.07) is 1.88. The summed E-state index contributed by atoms with van der Waals surface area (Å²) in [5, 5.41) is 0. The molecule has 0 spiro atoms. The molecule has 7 nitrogen and oxygen atoms in total. The molecule has 1 aromatic rings. The molecule has 1 atom stereocenters. The van der Waals surface area contributed by atoms with E-state index < -0.39 is 0 Å². The lowest BCUT2D eigenvalue weighted by Crippen LogP contribution is -2.51. The molecule has 2 fully saturated rings. The van der Waals surface area contributed by atoms with Gasteiger partial charge in [0.25, 0.3) is 0 Å². The van der Waals surface area contributed by atoms with Crippen molar-refractivity contribution >= 4 is 6.03 Å². The minimum Gasteiger partial charge on any atom is -0.472 e. The van der Waals surface area contributed by atoms with Crippen molar-refractivity contribution in [2.75, 3.05) is 46.3 Å². The number of likely N-dealkylation sites (N-methyl/N-ethyl adjacent to an activating group) is 1. The number of rotatable bonds is 2. The fourth-order valence-corrected chi connectivity index (χ4v) is 2.71. The zero-order valence-electron chi connectivity index (χ0n) is 12.3. The van der Waals surface area contributed by atoms with Crippen LogP contribution in [0.5, 0.6) is 5.88 Å². The molecule has 1 aromatic heterocycles. The number of urea groups is 1. The highest BCUT2D eigenvalue weighted by molar-refractivity contribution is 5.75. The van der Waals surface area contributed by atoms with Gasteiger partial charge in [0.1, 0.15) is 12.4 Å². The van der Waals surface area contributed by atoms with Crippen LogP contribution in [-0.2, 0) is 0 Å². The van der Waals surface area contributed by atoms with Gasteiger partial charge in [-0.3, -0.25) is 0 Å². The number of nitrogens with zero attached hydrogens (tertiary/aromatic N) is 5. The van der Waals surface area contributed by atoms with Crippen LogP contribution in [0.4, 0.5) is 4.79 Å². The highest BCUT2D eigenvalue weighted by Crippen LogP contribution is 2.17. The lowest BCUT2D eigenvalue weighted by Gasteiger charge is -2.34. The van der Waals surface area contributed by atoms with Crippen molar-refractivity contribution in [1.82, 2.24) is 24.7 Å². The van der Waals surface area contributed by atoms with Crippen LogP contribution >= 0.6 is 0 Å². The van der Waals surface area contributed by atoms with Gasteiger partial charge in [-0.1, -0.05) is 0 Å². The summed E-state index contributed by atoms with van der Waals surface area (Å²) < 4.78 is 5.79. The van der Waals surface area contributed by atoms with Crippen molar-refractivity contribution in [2.45, 2.75) is 12.5 Å². The third-order valence-corrected chi connectivity index (χ3v) is 4.03. The van der Waals surface area contributed by atoms with E-state index in [1.807, 2.05) is 9.80 Å². The lowest BCUT2D eigenvalue weighted by atomic mass is 10.3. The molecule has 3 rings (SSSR count). The maximum Gasteiger partial charge on any atom is 0.320 e. The molecule has 114 valence electrons. The zero-order valence-corrected chi connectivity index (χ0v) is 12.3. The first-order chi connectivity index (χ1) is 10.2. The van der Waals surface area contributed by atoms with Gasteiger partial charge >= 0.3 is 6.03 Å². The zero-order chi connectivity index (χ0) is 14.7. The Kier molecular flexibility index (Phi) is 4.19. The van der Waals surface area contributed by atoms with Gasteiger partial charge in [0.15, 0.2) is 0 Å². The Bertz CT molecular complexity index is 476. The van der Waals surface area contributed by atoms with Crippen molar-refractivity contribution in [3.8, 4) is 5.88 Å². The molecule has 2 amide bonds. The number of ether oxygens (including phenoxy) is 1. The van der Waals surface area contributed by atoms with E-state index in [1.165, 1.54) is 6.33 Å². The van der Waals surface area contributed by atoms with Crippen LogP contribution in [0.2, 0.25) is 0 Å². The summed E-state index contributed by atoms with van der Waals surface area (Å²) in [6.45, 7) is 4.89. The Hall–Kier alpha value is -1.89. The third-order valence-electron chi connectivity index (χ3n) is 4.03. The third kappa shape index (κ3) is 3.41. The largest absolute Gasteiger partial charge is 0.472 e. The SMILES string of the molecule is CN1CCN(C(=O)N2CCC(Oc3ccncn3)C2)CC1. The van der Waals surface area contributed by atoms with E-state index in [4.69, 9.17) is 4.74 Å². The fraction of sp³-hybridized carbons (Fsp3) is 0.643. The predicted molar refractivity (Wildman–Crippen MR) is 77.1 cm³/mol. The van der Waals surface area contributed by atoms with Gasteiger partial charge in [0.05, 0.1) is 6.54 Å². The number of amides is 2. The van der Waals surface area contributed by atoms with E-state index in [9.17, 15) is 4.79 Å². The number of carbonyl (C=O) groups is 1.